The molecule has 0 radical (unpaired) electrons. The van der Waals surface area contributed by atoms with Crippen LogP contribution in [0.2, 0.25) is 0 Å². The van der Waals surface area contributed by atoms with Gasteiger partial charge in [0, 0.05) is 24.6 Å². The van der Waals surface area contributed by atoms with Crippen LogP contribution >= 0.6 is 0 Å². The standard InChI is InChI=1S/C23H27N3O6/c24-25-21-11-9-10-20(21)23(28)31-17-8-6-4-2-1-3-5-7-12-22(27)32-19-15-13-18(14-16-19)26(29)30/h9-11,13-16H,1-8,12,17H2/p+1/b23-20+. The van der Waals surface area contributed by atoms with Gasteiger partial charge in [-0.3, -0.25) is 14.9 Å². The molecule has 0 saturated heterocycles. The average Bonchev–Trinajstić information content (AvgIpc) is 3.26. The maximum atomic E-state index is 11.8. The number of ether oxygens (including phenoxy) is 2. The molecular weight excluding hydrogens is 414 g/mol. The second kappa shape index (κ2) is 13.6. The number of esters is 1. The van der Waals surface area contributed by atoms with Gasteiger partial charge < -0.3 is 14.6 Å². The number of diazo groups is 1. The van der Waals surface area contributed by atoms with E-state index in [0.717, 1.165) is 51.4 Å². The van der Waals surface area contributed by atoms with E-state index in [-0.39, 0.29) is 23.3 Å². The van der Waals surface area contributed by atoms with Crippen LogP contribution in [0.3, 0.4) is 0 Å². The van der Waals surface area contributed by atoms with Gasteiger partial charge in [-0.25, -0.2) is 0 Å². The van der Waals surface area contributed by atoms with Crippen molar-refractivity contribution in [3.63, 3.8) is 0 Å². The number of unbranched alkanes of at least 4 members (excludes halogenated alkanes) is 7. The number of carbonyl (C=O) groups is 1. The van der Waals surface area contributed by atoms with Crippen molar-refractivity contribution in [3.8, 4) is 5.75 Å². The Hall–Kier alpha value is -3.67. The van der Waals surface area contributed by atoms with Gasteiger partial charge in [0.05, 0.1) is 11.5 Å². The van der Waals surface area contributed by atoms with Gasteiger partial charge in [0.2, 0.25) is 5.39 Å². The molecule has 0 fully saturated rings. The number of allylic oxidation sites excluding steroid dienone is 3. The molecule has 9 nitrogen and oxygen atoms in total. The maximum absolute atomic E-state index is 11.8. The molecule has 32 heavy (non-hydrogen) atoms. The highest BCUT2D eigenvalue weighted by molar-refractivity contribution is 5.72. The summed E-state index contributed by atoms with van der Waals surface area (Å²) in [7, 11) is 0. The first-order chi connectivity index (χ1) is 15.5. The van der Waals surface area contributed by atoms with Gasteiger partial charge in [0.25, 0.3) is 11.6 Å². The zero-order chi connectivity index (χ0) is 23.2. The molecule has 1 aliphatic carbocycles. The third-order valence-corrected chi connectivity index (χ3v) is 4.92. The van der Waals surface area contributed by atoms with Crippen LogP contribution in [0.4, 0.5) is 5.69 Å². The Morgan fingerprint density at radius 2 is 1.66 bits per heavy atom. The minimum Gasteiger partial charge on any atom is -0.480 e. The number of carbonyl (C=O) groups excluding carboxylic acids is 1. The normalized spacial score (nSPS) is 13.9. The maximum Gasteiger partial charge on any atom is 0.399 e. The molecule has 0 aromatic heterocycles. The summed E-state index contributed by atoms with van der Waals surface area (Å²) in [4.78, 5) is 25.0. The smallest absolute Gasteiger partial charge is 0.399 e. The first-order valence-corrected chi connectivity index (χ1v) is 10.8. The lowest BCUT2D eigenvalue weighted by Crippen LogP contribution is -2.07. The fourth-order valence-corrected chi connectivity index (χ4v) is 3.18. The van der Waals surface area contributed by atoms with E-state index in [1.54, 1.807) is 18.2 Å². The molecule has 0 unspecified atom stereocenters. The van der Waals surface area contributed by atoms with E-state index in [9.17, 15) is 20.0 Å². The molecule has 0 spiro atoms. The Morgan fingerprint density at radius 1 is 1.03 bits per heavy atom. The summed E-state index contributed by atoms with van der Waals surface area (Å²) in [6.07, 6.45) is 13.0. The molecule has 170 valence electrons. The van der Waals surface area contributed by atoms with Crippen molar-refractivity contribution in [2.24, 2.45) is 0 Å². The summed E-state index contributed by atoms with van der Waals surface area (Å²) in [5.41, 5.74) is 0.617. The molecule has 1 aliphatic rings. The van der Waals surface area contributed by atoms with Crippen molar-refractivity contribution in [2.45, 2.75) is 57.8 Å². The summed E-state index contributed by atoms with van der Waals surface area (Å²) >= 11 is 0. The Morgan fingerprint density at radius 3 is 2.28 bits per heavy atom. The number of aliphatic hydroxyl groups excluding tert-OH is 1. The quantitative estimate of drug-likeness (QED) is 0.0701. The highest BCUT2D eigenvalue weighted by Crippen LogP contribution is 2.23. The van der Waals surface area contributed by atoms with Gasteiger partial charge in [0.1, 0.15) is 5.75 Å². The monoisotopic (exact) mass is 442 g/mol. The van der Waals surface area contributed by atoms with E-state index < -0.39 is 4.92 Å². The number of nitrogens with zero attached hydrogens (tertiary/aromatic N) is 3. The predicted molar refractivity (Wildman–Crippen MR) is 118 cm³/mol. The fourth-order valence-electron chi connectivity index (χ4n) is 3.18. The molecule has 0 amide bonds. The van der Waals surface area contributed by atoms with Crippen LogP contribution < -0.4 is 4.74 Å². The highest BCUT2D eigenvalue weighted by atomic mass is 16.6. The van der Waals surface area contributed by atoms with Gasteiger partial charge in [-0.2, -0.15) is 0 Å². The first-order valence-electron chi connectivity index (χ1n) is 10.8. The highest BCUT2D eigenvalue weighted by Gasteiger charge is 2.24. The number of hydrogen-bond acceptors (Lipinski definition) is 7. The minimum atomic E-state index is -0.500. The number of non-ortho nitro benzene ring substituents is 1. The molecule has 0 aliphatic heterocycles. The Bertz CT molecular complexity index is 913. The van der Waals surface area contributed by atoms with Crippen molar-refractivity contribution >= 4 is 11.7 Å². The van der Waals surface area contributed by atoms with E-state index in [4.69, 9.17) is 14.9 Å². The molecule has 0 atom stereocenters. The molecule has 1 aromatic rings. The number of nitro groups is 1. The summed E-state index contributed by atoms with van der Waals surface area (Å²) in [5, 5.41) is 29.3. The second-order valence-electron chi connectivity index (χ2n) is 7.38. The van der Waals surface area contributed by atoms with Crippen LogP contribution in [0.25, 0.3) is 4.98 Å². The van der Waals surface area contributed by atoms with Crippen molar-refractivity contribution in [1.82, 2.24) is 0 Å². The summed E-state index contributed by atoms with van der Waals surface area (Å²) < 4.78 is 10.5. The SMILES string of the molecule is N#[N+]C1=CC=C/C1=C(/O)OCCCCCCCCCCC(=O)Oc1ccc([N+](=O)[O-])cc1. The van der Waals surface area contributed by atoms with Crippen LogP contribution in [-0.4, -0.2) is 22.6 Å². The molecule has 9 heteroatoms. The summed E-state index contributed by atoms with van der Waals surface area (Å²) in [6, 6.07) is 5.46. The predicted octanol–water partition coefficient (Wildman–Crippen LogP) is 6.10. The Balaban J connectivity index is 1.44. The molecule has 0 bridgehead atoms. The number of hydrogen-bond donors (Lipinski definition) is 1. The van der Waals surface area contributed by atoms with Gasteiger partial charge >= 0.3 is 11.7 Å². The van der Waals surface area contributed by atoms with E-state index in [2.05, 4.69) is 4.98 Å². The lowest BCUT2D eigenvalue weighted by Gasteiger charge is -2.06. The molecule has 2 rings (SSSR count). The average molecular weight is 442 g/mol. The van der Waals surface area contributed by atoms with E-state index in [0.29, 0.717) is 24.4 Å². The fraction of sp³-hybridized carbons (Fsp3) is 0.435. The topological polar surface area (TPSA) is 127 Å². The Kier molecular flexibility index (Phi) is 10.5. The van der Waals surface area contributed by atoms with Crippen molar-refractivity contribution in [1.29, 1.82) is 5.39 Å². The zero-order valence-corrected chi connectivity index (χ0v) is 17.9. The third kappa shape index (κ3) is 8.60. The van der Waals surface area contributed by atoms with E-state index in [1.165, 1.54) is 24.3 Å². The van der Waals surface area contributed by atoms with Crippen molar-refractivity contribution in [3.05, 3.63) is 74.8 Å². The van der Waals surface area contributed by atoms with Crippen molar-refractivity contribution in [2.75, 3.05) is 6.61 Å². The minimum absolute atomic E-state index is 0.0419. The summed E-state index contributed by atoms with van der Waals surface area (Å²) in [6.45, 7) is 0.402. The van der Waals surface area contributed by atoms with Gasteiger partial charge in [-0.1, -0.05) is 44.6 Å². The largest absolute Gasteiger partial charge is 0.480 e. The molecular formula is C23H28N3O6+. The lowest BCUT2D eigenvalue weighted by atomic mass is 10.1. The first kappa shape index (κ1) is 24.6. The van der Waals surface area contributed by atoms with Crippen LogP contribution in [-0.2, 0) is 9.53 Å². The van der Waals surface area contributed by atoms with Crippen LogP contribution in [0, 0.1) is 15.5 Å². The Labute approximate surface area is 186 Å². The van der Waals surface area contributed by atoms with Crippen LogP contribution in [0.5, 0.6) is 5.75 Å². The molecule has 0 saturated carbocycles. The molecule has 1 N–H and O–H groups in total. The number of aliphatic hydroxyl groups is 1. The number of nitro benzene ring substituents is 1. The van der Waals surface area contributed by atoms with Crippen molar-refractivity contribution < 1.29 is 24.3 Å². The molecule has 1 aromatic carbocycles. The van der Waals surface area contributed by atoms with Gasteiger partial charge in [-0.05, 0) is 31.1 Å². The molecule has 0 heterocycles. The summed E-state index contributed by atoms with van der Waals surface area (Å²) in [5.74, 6) is -0.246. The third-order valence-electron chi connectivity index (χ3n) is 4.92. The zero-order valence-electron chi connectivity index (χ0n) is 17.9. The van der Waals surface area contributed by atoms with E-state index in [1.807, 2.05) is 0 Å². The van der Waals surface area contributed by atoms with E-state index >= 15 is 0 Å². The van der Waals surface area contributed by atoms with Crippen LogP contribution in [0.1, 0.15) is 57.8 Å². The van der Waals surface area contributed by atoms with Crippen LogP contribution in [0.15, 0.2) is 59.7 Å². The second-order valence-corrected chi connectivity index (χ2v) is 7.38. The lowest BCUT2D eigenvalue weighted by molar-refractivity contribution is -0.384. The van der Waals surface area contributed by atoms with Gasteiger partial charge in [0.15, 0.2) is 10.5 Å². The number of rotatable bonds is 14. The number of benzene rings is 1. The van der Waals surface area contributed by atoms with Gasteiger partial charge in [-0.15, -0.1) is 0 Å².